The Kier molecular flexibility index (Phi) is 6.37. The maximum atomic E-state index is 12.4. The highest BCUT2D eigenvalue weighted by Gasteiger charge is 2.21. The predicted octanol–water partition coefficient (Wildman–Crippen LogP) is 4.03. The molecule has 0 N–H and O–H groups in total. The van der Waals surface area contributed by atoms with Crippen LogP contribution in [0.1, 0.15) is 44.0 Å². The Hall–Kier alpha value is -0.860. The average molecular weight is 268 g/mol. The van der Waals surface area contributed by atoms with Crippen LogP contribution in [0.5, 0.6) is 0 Å². The molecule has 0 bridgehead atoms. The third-order valence-electron chi connectivity index (χ3n) is 3.06. The smallest absolute Gasteiger partial charge is 0.179 e. The molecule has 0 saturated heterocycles. The molecule has 1 unspecified atom stereocenters. The Morgan fingerprint density at radius 2 is 1.89 bits per heavy atom. The molecule has 0 aliphatic heterocycles. The van der Waals surface area contributed by atoms with E-state index < -0.39 is 0 Å². The lowest BCUT2D eigenvalue weighted by molar-refractivity contribution is 0.0838. The lowest BCUT2D eigenvalue weighted by atomic mass is 10.0. The molecule has 0 aliphatic rings. The SMILES string of the molecule is CCCN(CCC)C(C)C(=O)c1cccc(Cl)c1. The highest BCUT2D eigenvalue weighted by atomic mass is 35.5. The third-order valence-corrected chi connectivity index (χ3v) is 3.29. The number of nitrogens with zero attached hydrogens (tertiary/aromatic N) is 1. The van der Waals surface area contributed by atoms with Gasteiger partial charge in [-0.1, -0.05) is 37.6 Å². The first-order chi connectivity index (χ1) is 8.60. The van der Waals surface area contributed by atoms with Crippen molar-refractivity contribution in [1.82, 2.24) is 4.90 Å². The maximum Gasteiger partial charge on any atom is 0.179 e. The van der Waals surface area contributed by atoms with Crippen LogP contribution in [0, 0.1) is 0 Å². The van der Waals surface area contributed by atoms with Crippen molar-refractivity contribution in [1.29, 1.82) is 0 Å². The summed E-state index contributed by atoms with van der Waals surface area (Å²) in [5.41, 5.74) is 0.701. The molecule has 3 heteroatoms. The number of rotatable bonds is 7. The predicted molar refractivity (Wildman–Crippen MR) is 77.4 cm³/mol. The van der Waals surface area contributed by atoms with Gasteiger partial charge in [-0.05, 0) is 45.0 Å². The van der Waals surface area contributed by atoms with Crippen LogP contribution in [-0.2, 0) is 0 Å². The zero-order valence-electron chi connectivity index (χ0n) is 11.4. The van der Waals surface area contributed by atoms with Gasteiger partial charge < -0.3 is 0 Å². The van der Waals surface area contributed by atoms with Gasteiger partial charge in [0.05, 0.1) is 6.04 Å². The molecule has 100 valence electrons. The molecule has 1 rings (SSSR count). The molecule has 0 amide bonds. The maximum absolute atomic E-state index is 12.4. The second kappa shape index (κ2) is 7.55. The molecule has 0 saturated carbocycles. The van der Waals surface area contributed by atoms with Gasteiger partial charge in [0.25, 0.3) is 0 Å². The Labute approximate surface area is 115 Å². The van der Waals surface area contributed by atoms with Gasteiger partial charge in [0.2, 0.25) is 0 Å². The fraction of sp³-hybridized carbons (Fsp3) is 0.533. The largest absolute Gasteiger partial charge is 0.294 e. The lowest BCUT2D eigenvalue weighted by Gasteiger charge is -2.27. The summed E-state index contributed by atoms with van der Waals surface area (Å²) in [6.45, 7) is 8.18. The Morgan fingerprint density at radius 1 is 1.28 bits per heavy atom. The minimum Gasteiger partial charge on any atom is -0.294 e. The monoisotopic (exact) mass is 267 g/mol. The van der Waals surface area contributed by atoms with Crippen LogP contribution in [-0.4, -0.2) is 29.8 Å². The Balaban J connectivity index is 2.81. The van der Waals surface area contributed by atoms with E-state index in [9.17, 15) is 4.79 Å². The van der Waals surface area contributed by atoms with Crippen LogP contribution >= 0.6 is 11.6 Å². The van der Waals surface area contributed by atoms with Crippen molar-refractivity contribution in [2.45, 2.75) is 39.7 Å². The fourth-order valence-electron chi connectivity index (χ4n) is 2.12. The summed E-state index contributed by atoms with van der Waals surface area (Å²) in [5, 5.41) is 0.616. The molecule has 2 nitrogen and oxygen atoms in total. The van der Waals surface area contributed by atoms with E-state index in [-0.39, 0.29) is 11.8 Å². The van der Waals surface area contributed by atoms with E-state index in [0.717, 1.165) is 25.9 Å². The lowest BCUT2D eigenvalue weighted by Crippen LogP contribution is -2.40. The van der Waals surface area contributed by atoms with Crippen molar-refractivity contribution in [3.05, 3.63) is 34.9 Å². The van der Waals surface area contributed by atoms with Crippen LogP contribution in [0.2, 0.25) is 5.02 Å². The summed E-state index contributed by atoms with van der Waals surface area (Å²) in [7, 11) is 0. The summed E-state index contributed by atoms with van der Waals surface area (Å²) in [6, 6.07) is 7.12. The summed E-state index contributed by atoms with van der Waals surface area (Å²) < 4.78 is 0. The van der Waals surface area contributed by atoms with Gasteiger partial charge in [-0.25, -0.2) is 0 Å². The quantitative estimate of drug-likeness (QED) is 0.695. The molecule has 0 fully saturated rings. The molecule has 0 radical (unpaired) electrons. The minimum atomic E-state index is -0.0802. The van der Waals surface area contributed by atoms with E-state index in [2.05, 4.69) is 18.7 Å². The van der Waals surface area contributed by atoms with E-state index in [4.69, 9.17) is 11.6 Å². The summed E-state index contributed by atoms with van der Waals surface area (Å²) in [6.07, 6.45) is 2.13. The van der Waals surface area contributed by atoms with Gasteiger partial charge >= 0.3 is 0 Å². The first-order valence-electron chi connectivity index (χ1n) is 6.64. The van der Waals surface area contributed by atoms with E-state index in [1.165, 1.54) is 0 Å². The van der Waals surface area contributed by atoms with Gasteiger partial charge in [-0.3, -0.25) is 9.69 Å². The highest BCUT2D eigenvalue weighted by molar-refractivity contribution is 6.31. The standard InChI is InChI=1S/C15H22ClNO/c1-4-9-17(10-5-2)12(3)15(18)13-7-6-8-14(16)11-13/h6-8,11-12H,4-5,9-10H2,1-3H3. The van der Waals surface area contributed by atoms with Crippen molar-refractivity contribution >= 4 is 17.4 Å². The molecule has 0 spiro atoms. The van der Waals surface area contributed by atoms with E-state index in [0.29, 0.717) is 10.6 Å². The summed E-state index contributed by atoms with van der Waals surface area (Å²) in [5.74, 6) is 0.152. The molecule has 1 atom stereocenters. The topological polar surface area (TPSA) is 20.3 Å². The van der Waals surface area contributed by atoms with Crippen molar-refractivity contribution < 1.29 is 4.79 Å². The fourth-order valence-corrected chi connectivity index (χ4v) is 2.31. The molecule has 0 aromatic heterocycles. The summed E-state index contributed by atoms with van der Waals surface area (Å²) >= 11 is 5.93. The second-order valence-electron chi connectivity index (χ2n) is 4.59. The van der Waals surface area contributed by atoms with Crippen LogP contribution in [0.25, 0.3) is 0 Å². The number of hydrogen-bond donors (Lipinski definition) is 0. The van der Waals surface area contributed by atoms with Crippen LogP contribution in [0.15, 0.2) is 24.3 Å². The van der Waals surface area contributed by atoms with Gasteiger partial charge in [0, 0.05) is 10.6 Å². The number of carbonyl (C=O) groups excluding carboxylic acids is 1. The number of hydrogen-bond acceptors (Lipinski definition) is 2. The molecule has 0 aliphatic carbocycles. The number of benzene rings is 1. The number of Topliss-reactive ketones (excluding diaryl/α,β-unsaturated/α-hetero) is 1. The van der Waals surface area contributed by atoms with Gasteiger partial charge in [-0.15, -0.1) is 0 Å². The molecule has 1 aromatic rings. The van der Waals surface area contributed by atoms with Crippen molar-refractivity contribution in [3.8, 4) is 0 Å². The van der Waals surface area contributed by atoms with E-state index in [1.807, 2.05) is 19.1 Å². The van der Waals surface area contributed by atoms with Gasteiger partial charge in [-0.2, -0.15) is 0 Å². The van der Waals surface area contributed by atoms with Gasteiger partial charge in [0.15, 0.2) is 5.78 Å². The Morgan fingerprint density at radius 3 is 2.39 bits per heavy atom. The van der Waals surface area contributed by atoms with E-state index in [1.54, 1.807) is 12.1 Å². The highest BCUT2D eigenvalue weighted by Crippen LogP contribution is 2.15. The molecule has 0 heterocycles. The molecule has 18 heavy (non-hydrogen) atoms. The number of carbonyl (C=O) groups is 1. The normalized spacial score (nSPS) is 12.7. The molecular formula is C15H22ClNO. The number of ketones is 1. The van der Waals surface area contributed by atoms with Crippen LogP contribution in [0.3, 0.4) is 0 Å². The number of halogens is 1. The average Bonchev–Trinajstić information content (AvgIpc) is 2.37. The third kappa shape index (κ3) is 4.11. The first-order valence-corrected chi connectivity index (χ1v) is 7.01. The zero-order chi connectivity index (χ0) is 13.5. The Bertz CT molecular complexity index is 386. The summed E-state index contributed by atoms with van der Waals surface area (Å²) in [4.78, 5) is 14.6. The van der Waals surface area contributed by atoms with Crippen molar-refractivity contribution in [3.63, 3.8) is 0 Å². The van der Waals surface area contributed by atoms with Crippen molar-refractivity contribution in [2.24, 2.45) is 0 Å². The van der Waals surface area contributed by atoms with Crippen LogP contribution < -0.4 is 0 Å². The minimum absolute atomic E-state index is 0.0802. The van der Waals surface area contributed by atoms with Crippen LogP contribution in [0.4, 0.5) is 0 Å². The molecule has 1 aromatic carbocycles. The van der Waals surface area contributed by atoms with Crippen molar-refractivity contribution in [2.75, 3.05) is 13.1 Å². The second-order valence-corrected chi connectivity index (χ2v) is 5.02. The van der Waals surface area contributed by atoms with Gasteiger partial charge in [0.1, 0.15) is 0 Å². The van der Waals surface area contributed by atoms with E-state index >= 15 is 0 Å². The molecular weight excluding hydrogens is 246 g/mol. The zero-order valence-corrected chi connectivity index (χ0v) is 12.2. The first kappa shape index (κ1) is 15.2.